The van der Waals surface area contributed by atoms with Gasteiger partial charge in [-0.3, -0.25) is 4.79 Å². The number of unbranched alkanes of at least 4 members (excludes halogenated alkanes) is 30. The number of nitrogens with one attached hydrogen (secondary N) is 1. The summed E-state index contributed by atoms with van der Waals surface area (Å²) in [6, 6.07) is -0.887. The maximum absolute atomic E-state index is 13.1. The van der Waals surface area contributed by atoms with Crippen molar-refractivity contribution in [2.24, 2.45) is 0 Å². The van der Waals surface area contributed by atoms with Gasteiger partial charge >= 0.3 is 0 Å². The molecule has 1 rings (SSSR count). The van der Waals surface area contributed by atoms with E-state index in [1.54, 1.807) is 0 Å². The summed E-state index contributed by atoms with van der Waals surface area (Å²) in [5.41, 5.74) is 0. The summed E-state index contributed by atoms with van der Waals surface area (Å²) in [5, 5.41) is 64.9. The Kier molecular flexibility index (Phi) is 36.2. The van der Waals surface area contributed by atoms with Crippen molar-refractivity contribution in [3.63, 3.8) is 0 Å². The SMILES string of the molecule is CCCCCCCCCCCCCCCCCCCC(O)C(COC1OC(CO)C(O)C(O)C1O)NC(=O)C(O)CCCCCCCCCCCCCCCCC. The number of aliphatic hydroxyl groups excluding tert-OH is 6. The molecule has 1 amide bonds. The fourth-order valence-electron chi connectivity index (χ4n) is 8.05. The first kappa shape index (κ1) is 54.2. The van der Waals surface area contributed by atoms with Gasteiger partial charge in [-0.2, -0.15) is 0 Å². The smallest absolute Gasteiger partial charge is 0.249 e. The van der Waals surface area contributed by atoms with Gasteiger partial charge in [-0.25, -0.2) is 0 Å². The third-order valence-electron chi connectivity index (χ3n) is 12.1. The van der Waals surface area contributed by atoms with Gasteiger partial charge in [0.1, 0.15) is 30.5 Å². The summed E-state index contributed by atoms with van der Waals surface area (Å²) in [6.45, 7) is 3.69. The Labute approximate surface area is 349 Å². The second-order valence-electron chi connectivity index (χ2n) is 17.4. The largest absolute Gasteiger partial charge is 0.394 e. The third-order valence-corrected chi connectivity index (χ3v) is 12.1. The van der Waals surface area contributed by atoms with Crippen molar-refractivity contribution < 1.29 is 44.9 Å². The Bertz CT molecular complexity index is 880. The van der Waals surface area contributed by atoms with Crippen LogP contribution in [0.15, 0.2) is 0 Å². The van der Waals surface area contributed by atoms with Crippen molar-refractivity contribution in [1.29, 1.82) is 0 Å². The van der Waals surface area contributed by atoms with E-state index < -0.39 is 61.5 Å². The topological polar surface area (TPSA) is 169 Å². The number of ether oxygens (including phenoxy) is 2. The molecule has 0 aromatic rings. The minimum Gasteiger partial charge on any atom is -0.394 e. The number of aliphatic hydroxyl groups is 6. The maximum Gasteiger partial charge on any atom is 0.249 e. The molecule has 57 heavy (non-hydrogen) atoms. The molecule has 1 saturated heterocycles. The van der Waals surface area contributed by atoms with E-state index in [0.717, 1.165) is 38.5 Å². The molecule has 0 saturated carbocycles. The summed E-state index contributed by atoms with van der Waals surface area (Å²) in [5.74, 6) is -0.579. The van der Waals surface area contributed by atoms with Crippen LogP contribution in [0.4, 0.5) is 0 Å². The van der Waals surface area contributed by atoms with Gasteiger partial charge in [-0.15, -0.1) is 0 Å². The van der Waals surface area contributed by atoms with E-state index in [1.807, 2.05) is 0 Å². The minimum atomic E-state index is -1.59. The molecule has 1 aliphatic rings. The highest BCUT2D eigenvalue weighted by molar-refractivity contribution is 5.80. The zero-order chi connectivity index (χ0) is 41.8. The van der Waals surface area contributed by atoms with Crippen LogP contribution in [0.5, 0.6) is 0 Å². The lowest BCUT2D eigenvalue weighted by molar-refractivity contribution is -0.302. The first-order chi connectivity index (χ1) is 27.8. The molecule has 0 aromatic carbocycles. The van der Waals surface area contributed by atoms with Crippen molar-refractivity contribution in [2.75, 3.05) is 13.2 Å². The summed E-state index contributed by atoms with van der Waals surface area (Å²) in [7, 11) is 0. The van der Waals surface area contributed by atoms with E-state index in [0.29, 0.717) is 12.8 Å². The van der Waals surface area contributed by atoms with Crippen LogP contribution >= 0.6 is 0 Å². The Morgan fingerprint density at radius 3 is 1.25 bits per heavy atom. The van der Waals surface area contributed by atoms with Gasteiger partial charge in [-0.05, 0) is 12.8 Å². The molecule has 1 heterocycles. The van der Waals surface area contributed by atoms with Crippen molar-refractivity contribution in [1.82, 2.24) is 5.32 Å². The Hall–Kier alpha value is -0.850. The fraction of sp³-hybridized carbons (Fsp3) is 0.979. The molecular formula is C47H93NO9. The highest BCUT2D eigenvalue weighted by Crippen LogP contribution is 2.23. The standard InChI is InChI=1S/C47H93NO9/c1-3-5-7-9-11-13-15-17-19-20-22-23-25-27-29-31-33-35-40(50)39(38-56-47-45(54)44(53)43(52)42(37-49)57-47)48-46(55)41(51)36-34-32-30-28-26-24-21-18-16-14-12-10-8-6-4-2/h39-45,47,49-54H,3-38H2,1-2H3,(H,48,55). The first-order valence-corrected chi connectivity index (χ1v) is 24.3. The van der Waals surface area contributed by atoms with E-state index in [9.17, 15) is 35.4 Å². The van der Waals surface area contributed by atoms with Crippen LogP contribution in [0.25, 0.3) is 0 Å². The number of carbonyl (C=O) groups is 1. The second-order valence-corrected chi connectivity index (χ2v) is 17.4. The number of rotatable bonds is 41. The minimum absolute atomic E-state index is 0.250. The number of hydrogen-bond acceptors (Lipinski definition) is 9. The van der Waals surface area contributed by atoms with Crippen molar-refractivity contribution in [3.05, 3.63) is 0 Å². The monoisotopic (exact) mass is 816 g/mol. The lowest BCUT2D eigenvalue weighted by Crippen LogP contribution is -2.60. The third kappa shape index (κ3) is 28.3. The van der Waals surface area contributed by atoms with Crippen LogP contribution in [-0.4, -0.2) is 98.7 Å². The molecule has 10 nitrogen and oxygen atoms in total. The van der Waals surface area contributed by atoms with Crippen molar-refractivity contribution in [3.8, 4) is 0 Å². The van der Waals surface area contributed by atoms with Crippen molar-refractivity contribution >= 4 is 5.91 Å². The molecule has 0 spiro atoms. The predicted molar refractivity (Wildman–Crippen MR) is 232 cm³/mol. The summed E-state index contributed by atoms with van der Waals surface area (Å²) in [4.78, 5) is 13.1. The molecule has 7 N–H and O–H groups in total. The molecule has 10 heteroatoms. The molecule has 0 radical (unpaired) electrons. The van der Waals surface area contributed by atoms with Gasteiger partial charge in [0.15, 0.2) is 6.29 Å². The Morgan fingerprint density at radius 1 is 0.526 bits per heavy atom. The van der Waals surface area contributed by atoms with Crippen LogP contribution in [-0.2, 0) is 14.3 Å². The van der Waals surface area contributed by atoms with E-state index in [2.05, 4.69) is 19.2 Å². The summed E-state index contributed by atoms with van der Waals surface area (Å²) >= 11 is 0. The van der Waals surface area contributed by atoms with E-state index in [4.69, 9.17) is 9.47 Å². The molecule has 0 aromatic heterocycles. The van der Waals surface area contributed by atoms with E-state index >= 15 is 0 Å². The number of hydrogen-bond donors (Lipinski definition) is 7. The summed E-state index contributed by atoms with van der Waals surface area (Å²) < 4.78 is 11.2. The molecule has 1 aliphatic heterocycles. The summed E-state index contributed by atoms with van der Waals surface area (Å²) in [6.07, 6.45) is 31.4. The van der Waals surface area contributed by atoms with E-state index in [-0.39, 0.29) is 6.61 Å². The van der Waals surface area contributed by atoms with E-state index in [1.165, 1.54) is 167 Å². The van der Waals surface area contributed by atoms with Gasteiger partial charge in [-0.1, -0.05) is 219 Å². The molecule has 0 bridgehead atoms. The number of carbonyl (C=O) groups excluding carboxylic acids is 1. The lowest BCUT2D eigenvalue weighted by atomic mass is 9.99. The predicted octanol–water partition coefficient (Wildman–Crippen LogP) is 9.31. The zero-order valence-corrected chi connectivity index (χ0v) is 37.0. The molecule has 340 valence electrons. The average molecular weight is 816 g/mol. The van der Waals surface area contributed by atoms with Gasteiger partial charge in [0.05, 0.1) is 25.4 Å². The second kappa shape index (κ2) is 38.1. The van der Waals surface area contributed by atoms with Crippen LogP contribution in [0.3, 0.4) is 0 Å². The zero-order valence-electron chi connectivity index (χ0n) is 37.0. The van der Waals surface area contributed by atoms with Gasteiger partial charge < -0.3 is 45.4 Å². The highest BCUT2D eigenvalue weighted by atomic mass is 16.7. The molecular weight excluding hydrogens is 723 g/mol. The Balaban J connectivity index is 2.36. The number of amides is 1. The van der Waals surface area contributed by atoms with Crippen molar-refractivity contribution in [2.45, 2.75) is 281 Å². The van der Waals surface area contributed by atoms with Gasteiger partial charge in [0.25, 0.3) is 0 Å². The molecule has 1 fully saturated rings. The maximum atomic E-state index is 13.1. The first-order valence-electron chi connectivity index (χ1n) is 24.3. The lowest BCUT2D eigenvalue weighted by Gasteiger charge is -2.40. The Morgan fingerprint density at radius 2 is 0.877 bits per heavy atom. The highest BCUT2D eigenvalue weighted by Gasteiger charge is 2.44. The molecule has 8 atom stereocenters. The average Bonchev–Trinajstić information content (AvgIpc) is 3.21. The van der Waals surface area contributed by atoms with Gasteiger partial charge in [0, 0.05) is 0 Å². The normalized spacial score (nSPS) is 21.4. The van der Waals surface area contributed by atoms with Crippen LogP contribution in [0.2, 0.25) is 0 Å². The van der Waals surface area contributed by atoms with Gasteiger partial charge in [0.2, 0.25) is 5.91 Å². The van der Waals surface area contributed by atoms with Crippen LogP contribution < -0.4 is 5.32 Å². The quantitative estimate of drug-likeness (QED) is 0.0298. The van der Waals surface area contributed by atoms with Crippen LogP contribution in [0.1, 0.15) is 232 Å². The molecule has 8 unspecified atom stereocenters. The van der Waals surface area contributed by atoms with Crippen LogP contribution in [0, 0.1) is 0 Å². The fourth-order valence-corrected chi connectivity index (χ4v) is 8.05. The molecule has 0 aliphatic carbocycles.